The van der Waals surface area contributed by atoms with E-state index in [-0.39, 0.29) is 30.0 Å². The van der Waals surface area contributed by atoms with Gasteiger partial charge in [-0.3, -0.25) is 24.1 Å². The van der Waals surface area contributed by atoms with Crippen molar-refractivity contribution < 1.29 is 23.5 Å². The standard InChI is InChI=1S/C22H24F2N4O4/c1-11-6-16(23)14(17(24)7-11)8-25-21(31)15-9-27-18(20(30)19(15)29)22(32)26-10-28(27)13(3)5-4-12(26)2/h6-7,9,12-13,30H,4-5,8,10H2,1-3H3,(H,25,31)/t12-,13-/m0/s1. The topological polar surface area (TPSA) is 94.9 Å². The number of rotatable bonds is 3. The van der Waals surface area contributed by atoms with Crippen molar-refractivity contribution in [1.29, 1.82) is 0 Å². The lowest BCUT2D eigenvalue weighted by Crippen LogP contribution is -2.57. The lowest BCUT2D eigenvalue weighted by molar-refractivity contribution is 0.0627. The van der Waals surface area contributed by atoms with Crippen molar-refractivity contribution >= 4 is 11.8 Å². The number of hydrogen-bond acceptors (Lipinski definition) is 5. The summed E-state index contributed by atoms with van der Waals surface area (Å²) >= 11 is 0. The first-order valence-corrected chi connectivity index (χ1v) is 10.4. The molecule has 1 aromatic carbocycles. The molecule has 8 nitrogen and oxygen atoms in total. The SMILES string of the molecule is Cc1cc(F)c(CNC(=O)c2cn3c(c(O)c2=O)C(=O)N2CN3[C@@H](C)CC[C@@H]2C)c(F)c1. The number of benzene rings is 1. The smallest absolute Gasteiger partial charge is 0.278 e. The van der Waals surface area contributed by atoms with E-state index in [1.165, 1.54) is 10.9 Å². The predicted molar refractivity (Wildman–Crippen MR) is 112 cm³/mol. The predicted octanol–water partition coefficient (Wildman–Crippen LogP) is 1.99. The Morgan fingerprint density at radius 2 is 1.78 bits per heavy atom. The summed E-state index contributed by atoms with van der Waals surface area (Å²) < 4.78 is 29.5. The zero-order chi connectivity index (χ0) is 23.3. The van der Waals surface area contributed by atoms with Gasteiger partial charge in [0.15, 0.2) is 11.4 Å². The number of amides is 2. The van der Waals surface area contributed by atoms with Crippen LogP contribution >= 0.6 is 0 Å². The van der Waals surface area contributed by atoms with Crippen molar-refractivity contribution in [3.05, 3.63) is 62.6 Å². The fourth-order valence-corrected chi connectivity index (χ4v) is 4.22. The van der Waals surface area contributed by atoms with Gasteiger partial charge in [-0.25, -0.2) is 8.78 Å². The molecular formula is C22H24F2N4O4. The van der Waals surface area contributed by atoms with Crippen LogP contribution in [0.2, 0.25) is 0 Å². The van der Waals surface area contributed by atoms with Gasteiger partial charge in [0.05, 0.1) is 0 Å². The maximum Gasteiger partial charge on any atom is 0.278 e. The normalized spacial score (nSPS) is 20.1. The van der Waals surface area contributed by atoms with Gasteiger partial charge in [0, 0.05) is 30.4 Å². The van der Waals surface area contributed by atoms with Crippen molar-refractivity contribution in [3.63, 3.8) is 0 Å². The highest BCUT2D eigenvalue weighted by atomic mass is 19.1. The van der Waals surface area contributed by atoms with Crippen LogP contribution < -0.4 is 15.8 Å². The number of nitrogens with zero attached hydrogens (tertiary/aromatic N) is 3. The van der Waals surface area contributed by atoms with Crippen molar-refractivity contribution in [3.8, 4) is 5.75 Å². The minimum atomic E-state index is -1.02. The number of halogens is 2. The van der Waals surface area contributed by atoms with E-state index in [4.69, 9.17) is 0 Å². The Morgan fingerprint density at radius 1 is 1.16 bits per heavy atom. The number of fused-ring (bicyclic) bond motifs is 4. The van der Waals surface area contributed by atoms with E-state index in [1.54, 1.807) is 16.8 Å². The average molecular weight is 446 g/mol. The minimum Gasteiger partial charge on any atom is -0.502 e. The van der Waals surface area contributed by atoms with Crippen LogP contribution in [-0.2, 0) is 6.54 Å². The molecule has 10 heteroatoms. The molecular weight excluding hydrogens is 422 g/mol. The highest BCUT2D eigenvalue weighted by molar-refractivity contribution is 5.99. The summed E-state index contributed by atoms with van der Waals surface area (Å²) in [6, 6.07) is 2.19. The molecule has 170 valence electrons. The fraction of sp³-hybridized carbons (Fsp3) is 0.409. The third-order valence-corrected chi connectivity index (χ3v) is 6.20. The molecule has 1 aromatic heterocycles. The monoisotopic (exact) mass is 446 g/mol. The molecule has 2 aliphatic rings. The number of nitrogens with one attached hydrogen (secondary N) is 1. The van der Waals surface area contributed by atoms with E-state index in [2.05, 4.69) is 5.32 Å². The minimum absolute atomic E-state index is 0.0251. The molecule has 2 amide bonds. The van der Waals surface area contributed by atoms with Gasteiger partial charge >= 0.3 is 0 Å². The lowest BCUT2D eigenvalue weighted by Gasteiger charge is -2.41. The number of pyridine rings is 1. The van der Waals surface area contributed by atoms with Gasteiger partial charge in [0.1, 0.15) is 23.9 Å². The highest BCUT2D eigenvalue weighted by Crippen LogP contribution is 2.28. The Labute approximate surface area is 183 Å². The molecule has 1 fully saturated rings. The zero-order valence-electron chi connectivity index (χ0n) is 18.0. The number of carbonyl (C=O) groups excluding carboxylic acids is 2. The summed E-state index contributed by atoms with van der Waals surface area (Å²) in [6.45, 7) is 5.16. The first-order chi connectivity index (χ1) is 15.1. The summed E-state index contributed by atoms with van der Waals surface area (Å²) in [4.78, 5) is 40.0. The third kappa shape index (κ3) is 3.49. The molecule has 2 atom stereocenters. The number of aryl methyl sites for hydroxylation is 1. The van der Waals surface area contributed by atoms with Crippen LogP contribution in [0.5, 0.6) is 5.75 Å². The van der Waals surface area contributed by atoms with Crippen LogP contribution in [0.3, 0.4) is 0 Å². The van der Waals surface area contributed by atoms with E-state index in [0.717, 1.165) is 25.0 Å². The molecule has 0 aliphatic carbocycles. The van der Waals surface area contributed by atoms with Gasteiger partial charge in [-0.1, -0.05) is 0 Å². The highest BCUT2D eigenvalue weighted by Gasteiger charge is 2.39. The van der Waals surface area contributed by atoms with Crippen LogP contribution in [0.25, 0.3) is 0 Å². The Kier molecular flexibility index (Phi) is 5.39. The zero-order valence-corrected chi connectivity index (χ0v) is 18.0. The largest absolute Gasteiger partial charge is 0.502 e. The van der Waals surface area contributed by atoms with Crippen molar-refractivity contribution in [2.45, 2.75) is 52.2 Å². The summed E-state index contributed by atoms with van der Waals surface area (Å²) in [5.74, 6) is -3.86. The molecule has 2 bridgehead atoms. The number of aromatic nitrogens is 1. The van der Waals surface area contributed by atoms with Crippen molar-refractivity contribution in [1.82, 2.24) is 14.9 Å². The van der Waals surface area contributed by atoms with Gasteiger partial charge < -0.3 is 15.3 Å². The summed E-state index contributed by atoms with van der Waals surface area (Å²) in [5, 5.41) is 14.7. The number of carbonyl (C=O) groups is 2. The molecule has 0 radical (unpaired) electrons. The van der Waals surface area contributed by atoms with Crippen LogP contribution in [-0.4, -0.2) is 45.2 Å². The van der Waals surface area contributed by atoms with Crippen LogP contribution in [0, 0.1) is 18.6 Å². The van der Waals surface area contributed by atoms with Gasteiger partial charge in [0.2, 0.25) is 5.43 Å². The van der Waals surface area contributed by atoms with Gasteiger partial charge in [0.25, 0.3) is 11.8 Å². The molecule has 1 saturated heterocycles. The maximum atomic E-state index is 14.1. The lowest BCUT2D eigenvalue weighted by atomic mass is 10.1. The van der Waals surface area contributed by atoms with E-state index >= 15 is 0 Å². The first-order valence-electron chi connectivity index (χ1n) is 10.4. The Balaban J connectivity index is 1.70. The number of aromatic hydroxyl groups is 1. The Bertz CT molecular complexity index is 1160. The second kappa shape index (κ2) is 7.92. The fourth-order valence-electron chi connectivity index (χ4n) is 4.22. The average Bonchev–Trinajstić information content (AvgIpc) is 2.85. The van der Waals surface area contributed by atoms with E-state index in [1.807, 2.05) is 13.8 Å². The molecule has 0 spiro atoms. The van der Waals surface area contributed by atoms with Crippen LogP contribution in [0.1, 0.15) is 58.7 Å². The van der Waals surface area contributed by atoms with Crippen LogP contribution in [0.4, 0.5) is 8.78 Å². The molecule has 2 aromatic rings. The summed E-state index contributed by atoms with van der Waals surface area (Å²) in [6.07, 6.45) is 2.73. The van der Waals surface area contributed by atoms with Gasteiger partial charge in [-0.15, -0.1) is 0 Å². The molecule has 2 aliphatic heterocycles. The van der Waals surface area contributed by atoms with Crippen LogP contribution in [0.15, 0.2) is 23.1 Å². The third-order valence-electron chi connectivity index (χ3n) is 6.20. The van der Waals surface area contributed by atoms with Crippen molar-refractivity contribution in [2.75, 3.05) is 11.7 Å². The second-order valence-corrected chi connectivity index (χ2v) is 8.43. The molecule has 0 unspecified atom stereocenters. The van der Waals surface area contributed by atoms with Gasteiger partial charge in [-0.05, 0) is 51.3 Å². The second-order valence-electron chi connectivity index (χ2n) is 8.43. The summed E-state index contributed by atoms with van der Waals surface area (Å²) in [5.41, 5.74) is -1.59. The molecule has 32 heavy (non-hydrogen) atoms. The first kappa shape index (κ1) is 21.8. The van der Waals surface area contributed by atoms with Gasteiger partial charge in [-0.2, -0.15) is 0 Å². The summed E-state index contributed by atoms with van der Waals surface area (Å²) in [7, 11) is 0. The number of hydrogen-bond donors (Lipinski definition) is 2. The molecule has 0 saturated carbocycles. The van der Waals surface area contributed by atoms with E-state index in [0.29, 0.717) is 5.56 Å². The van der Waals surface area contributed by atoms with Crippen molar-refractivity contribution in [2.24, 2.45) is 0 Å². The Morgan fingerprint density at radius 3 is 2.44 bits per heavy atom. The van der Waals surface area contributed by atoms with E-state index < -0.39 is 46.7 Å². The quantitative estimate of drug-likeness (QED) is 0.752. The van der Waals surface area contributed by atoms with E-state index in [9.17, 15) is 28.3 Å². The molecule has 2 N–H and O–H groups in total. The maximum absolute atomic E-state index is 14.1. The molecule has 3 heterocycles. The Hall–Kier alpha value is -3.43. The molecule has 4 rings (SSSR count).